The van der Waals surface area contributed by atoms with E-state index in [0.29, 0.717) is 6.29 Å². The predicted molar refractivity (Wildman–Crippen MR) is 35.2 cm³/mol. The van der Waals surface area contributed by atoms with E-state index in [2.05, 4.69) is 0 Å². The Kier molecular flexibility index (Phi) is 5.07. The Labute approximate surface area is 55.3 Å². The van der Waals surface area contributed by atoms with Crippen LogP contribution in [0.1, 0.15) is 32.6 Å². The number of carbonyl (C=O) groups excluding carboxylic acids is 2. The molecular formula is C7H12O2. The first-order chi connectivity index (χ1) is 4.27. The average molecular weight is 128 g/mol. The summed E-state index contributed by atoms with van der Waals surface area (Å²) in [6.45, 7) is 1.38. The predicted octanol–water partition coefficient (Wildman–Crippen LogP) is 1.33. The fourth-order valence-corrected chi connectivity index (χ4v) is 0.117. The largest absolute Gasteiger partial charge is 0.303 e. The van der Waals surface area contributed by atoms with Crippen molar-refractivity contribution in [2.45, 2.75) is 32.6 Å². The fourth-order valence-electron chi connectivity index (χ4n) is 0.117. The van der Waals surface area contributed by atoms with Gasteiger partial charge in [-0.1, -0.05) is 19.3 Å². The van der Waals surface area contributed by atoms with Gasteiger partial charge in [0, 0.05) is 0 Å². The van der Waals surface area contributed by atoms with Crippen LogP contribution in [0.25, 0.3) is 0 Å². The molecule has 1 rings (SSSR count). The molecule has 0 spiro atoms. The Hall–Kier alpha value is -0.660. The molecule has 0 unspecified atom stereocenters. The highest BCUT2D eigenvalue weighted by Crippen LogP contribution is 2.14. The Bertz CT molecular complexity index is 92.3. The smallest absolute Gasteiger partial charge is 0.136 e. The minimum atomic E-state index is -0.0787. The van der Waals surface area contributed by atoms with Gasteiger partial charge in [0.1, 0.15) is 12.1 Å². The molecular weight excluding hydrogens is 116 g/mol. The van der Waals surface area contributed by atoms with E-state index >= 15 is 0 Å². The van der Waals surface area contributed by atoms with E-state index in [1.807, 2.05) is 0 Å². The standard InChI is InChI=1S/C4H6O2.C3H6/c1-4(6)2-3-5;1-2-3-1/h3H,2H2,1H3;1-3H2. The van der Waals surface area contributed by atoms with Crippen molar-refractivity contribution >= 4 is 12.1 Å². The Balaban J connectivity index is 0.000000173. The second kappa shape index (κ2) is 5.48. The van der Waals surface area contributed by atoms with Gasteiger partial charge in [0.25, 0.3) is 0 Å². The van der Waals surface area contributed by atoms with Crippen molar-refractivity contribution in [2.75, 3.05) is 0 Å². The normalized spacial score (nSPS) is 13.0. The molecule has 0 heterocycles. The van der Waals surface area contributed by atoms with Crippen LogP contribution in [0.4, 0.5) is 0 Å². The number of carbonyl (C=O) groups is 2. The Morgan fingerprint density at radius 2 is 1.89 bits per heavy atom. The van der Waals surface area contributed by atoms with E-state index in [0.717, 1.165) is 0 Å². The Morgan fingerprint density at radius 1 is 1.44 bits per heavy atom. The van der Waals surface area contributed by atoms with Crippen LogP contribution in [0, 0.1) is 0 Å². The van der Waals surface area contributed by atoms with Crippen LogP contribution in [-0.2, 0) is 9.59 Å². The maximum Gasteiger partial charge on any atom is 0.136 e. The maximum absolute atomic E-state index is 9.81. The summed E-state index contributed by atoms with van der Waals surface area (Å²) in [5.74, 6) is -0.0787. The van der Waals surface area contributed by atoms with Gasteiger partial charge in [-0.2, -0.15) is 0 Å². The van der Waals surface area contributed by atoms with E-state index in [9.17, 15) is 9.59 Å². The van der Waals surface area contributed by atoms with Crippen LogP contribution in [-0.4, -0.2) is 12.1 Å². The molecule has 1 fully saturated rings. The summed E-state index contributed by atoms with van der Waals surface area (Å²) in [5.41, 5.74) is 0. The number of Topliss-reactive ketones (excluding diaryl/α,β-unsaturated/α-hetero) is 1. The highest BCUT2D eigenvalue weighted by atomic mass is 16.1. The fraction of sp³-hybridized carbons (Fsp3) is 0.714. The van der Waals surface area contributed by atoms with Crippen LogP contribution >= 0.6 is 0 Å². The summed E-state index contributed by atoms with van der Waals surface area (Å²) < 4.78 is 0. The lowest BCUT2D eigenvalue weighted by molar-refractivity contribution is -0.120. The zero-order valence-electron chi connectivity index (χ0n) is 5.72. The van der Waals surface area contributed by atoms with Crippen molar-refractivity contribution in [3.05, 3.63) is 0 Å². The summed E-state index contributed by atoms with van der Waals surface area (Å²) in [7, 11) is 0. The molecule has 0 aliphatic heterocycles. The van der Waals surface area contributed by atoms with Gasteiger partial charge in [-0.05, 0) is 6.92 Å². The summed E-state index contributed by atoms with van der Waals surface area (Å²) in [4.78, 5) is 19.2. The number of ketones is 1. The summed E-state index contributed by atoms with van der Waals surface area (Å²) in [6.07, 6.45) is 5.16. The maximum atomic E-state index is 9.81. The van der Waals surface area contributed by atoms with Gasteiger partial charge in [-0.25, -0.2) is 0 Å². The highest BCUT2D eigenvalue weighted by Gasteiger charge is 1.95. The minimum Gasteiger partial charge on any atom is -0.303 e. The van der Waals surface area contributed by atoms with E-state index < -0.39 is 0 Å². The first kappa shape index (κ1) is 8.34. The molecule has 0 saturated heterocycles. The van der Waals surface area contributed by atoms with Crippen LogP contribution in [0.3, 0.4) is 0 Å². The topological polar surface area (TPSA) is 34.1 Å². The molecule has 0 aromatic rings. The summed E-state index contributed by atoms with van der Waals surface area (Å²) >= 11 is 0. The molecule has 1 aliphatic rings. The molecule has 0 radical (unpaired) electrons. The number of hydrogen-bond donors (Lipinski definition) is 0. The van der Waals surface area contributed by atoms with Gasteiger partial charge in [0.2, 0.25) is 0 Å². The van der Waals surface area contributed by atoms with Crippen LogP contribution in [0.5, 0.6) is 0 Å². The van der Waals surface area contributed by atoms with E-state index in [1.165, 1.54) is 26.2 Å². The van der Waals surface area contributed by atoms with Crippen molar-refractivity contribution in [2.24, 2.45) is 0 Å². The zero-order chi connectivity index (χ0) is 7.11. The number of aldehydes is 1. The lowest BCUT2D eigenvalue weighted by Gasteiger charge is -1.71. The summed E-state index contributed by atoms with van der Waals surface area (Å²) in [6, 6.07) is 0. The molecule has 0 aromatic carbocycles. The van der Waals surface area contributed by atoms with E-state index in [1.54, 1.807) is 0 Å². The Morgan fingerprint density at radius 3 is 1.89 bits per heavy atom. The summed E-state index contributed by atoms with van der Waals surface area (Å²) in [5, 5.41) is 0. The second-order valence-electron chi connectivity index (χ2n) is 2.13. The quantitative estimate of drug-likeness (QED) is 0.415. The molecule has 0 atom stereocenters. The minimum absolute atomic E-state index is 0.0556. The van der Waals surface area contributed by atoms with Crippen LogP contribution < -0.4 is 0 Å². The van der Waals surface area contributed by atoms with Gasteiger partial charge in [0.05, 0.1) is 6.42 Å². The molecule has 52 valence electrons. The van der Waals surface area contributed by atoms with Crippen molar-refractivity contribution in [3.8, 4) is 0 Å². The van der Waals surface area contributed by atoms with Gasteiger partial charge in [0.15, 0.2) is 0 Å². The van der Waals surface area contributed by atoms with Crippen LogP contribution in [0.15, 0.2) is 0 Å². The third kappa shape index (κ3) is 18.8. The van der Waals surface area contributed by atoms with Gasteiger partial charge in [-0.3, -0.25) is 4.79 Å². The molecule has 1 aliphatic carbocycles. The molecule has 0 amide bonds. The molecule has 1 saturated carbocycles. The third-order valence-electron chi connectivity index (χ3n) is 0.724. The van der Waals surface area contributed by atoms with E-state index in [4.69, 9.17) is 0 Å². The third-order valence-corrected chi connectivity index (χ3v) is 0.724. The van der Waals surface area contributed by atoms with Crippen LogP contribution in [0.2, 0.25) is 0 Å². The molecule has 9 heavy (non-hydrogen) atoms. The monoisotopic (exact) mass is 128 g/mol. The van der Waals surface area contributed by atoms with E-state index in [-0.39, 0.29) is 12.2 Å². The number of rotatable bonds is 2. The first-order valence-corrected chi connectivity index (χ1v) is 3.20. The molecule has 2 heteroatoms. The number of hydrogen-bond acceptors (Lipinski definition) is 2. The SMILES string of the molecule is C1CC1.CC(=O)CC=O. The lowest BCUT2D eigenvalue weighted by atomic mass is 10.3. The molecule has 0 bridgehead atoms. The average Bonchev–Trinajstić information content (AvgIpc) is 2.45. The van der Waals surface area contributed by atoms with Gasteiger partial charge < -0.3 is 4.79 Å². The van der Waals surface area contributed by atoms with Crippen molar-refractivity contribution in [3.63, 3.8) is 0 Å². The highest BCUT2D eigenvalue weighted by molar-refractivity contribution is 5.87. The van der Waals surface area contributed by atoms with Gasteiger partial charge >= 0.3 is 0 Å². The molecule has 2 nitrogen and oxygen atoms in total. The molecule has 0 aromatic heterocycles. The van der Waals surface area contributed by atoms with Crippen molar-refractivity contribution in [1.29, 1.82) is 0 Å². The van der Waals surface area contributed by atoms with Gasteiger partial charge in [-0.15, -0.1) is 0 Å². The van der Waals surface area contributed by atoms with Crippen molar-refractivity contribution < 1.29 is 9.59 Å². The van der Waals surface area contributed by atoms with Crippen molar-refractivity contribution in [1.82, 2.24) is 0 Å². The first-order valence-electron chi connectivity index (χ1n) is 3.20. The second-order valence-corrected chi connectivity index (χ2v) is 2.13. The molecule has 0 N–H and O–H groups in total. The zero-order valence-corrected chi connectivity index (χ0v) is 5.72. The lowest BCUT2D eigenvalue weighted by Crippen LogP contribution is -1.87.